The molecule has 0 aromatic carbocycles. The van der Waals surface area contributed by atoms with Crippen molar-refractivity contribution in [2.75, 3.05) is 26.7 Å². The van der Waals surface area contributed by atoms with Gasteiger partial charge in [-0.15, -0.1) is 0 Å². The third kappa shape index (κ3) is 3.13. The highest BCUT2D eigenvalue weighted by Gasteiger charge is 2.33. The first kappa shape index (κ1) is 14.4. The fourth-order valence-corrected chi connectivity index (χ4v) is 4.04. The van der Waals surface area contributed by atoms with Crippen molar-refractivity contribution in [1.29, 1.82) is 0 Å². The van der Waals surface area contributed by atoms with Gasteiger partial charge in [-0.1, -0.05) is 18.3 Å². The van der Waals surface area contributed by atoms with Crippen LogP contribution in [0.2, 0.25) is 0 Å². The molecule has 0 radical (unpaired) electrons. The Balaban J connectivity index is 2.25. The number of hydrogen-bond acceptors (Lipinski definition) is 5. The minimum absolute atomic E-state index is 0.250. The normalized spacial score (nSPS) is 24.5. The minimum atomic E-state index is -0.291. The van der Waals surface area contributed by atoms with Crippen LogP contribution in [0, 0.1) is 16.0 Å². The molecule has 0 bridgehead atoms. The van der Waals surface area contributed by atoms with Crippen molar-refractivity contribution >= 4 is 16.3 Å². The van der Waals surface area contributed by atoms with Crippen LogP contribution in [0.5, 0.6) is 0 Å². The molecule has 1 aliphatic heterocycles. The predicted molar refractivity (Wildman–Crippen MR) is 77.6 cm³/mol. The van der Waals surface area contributed by atoms with E-state index in [4.69, 9.17) is 0 Å². The zero-order valence-corrected chi connectivity index (χ0v) is 12.3. The molecular weight excluding hydrogens is 262 g/mol. The number of nitro groups is 1. The molecular formula is C13H21N3O2S. The van der Waals surface area contributed by atoms with Gasteiger partial charge in [-0.3, -0.25) is 15.0 Å². The lowest BCUT2D eigenvalue weighted by Crippen LogP contribution is -2.41. The predicted octanol–water partition coefficient (Wildman–Crippen LogP) is 2.65. The van der Waals surface area contributed by atoms with E-state index in [-0.39, 0.29) is 9.92 Å². The van der Waals surface area contributed by atoms with Crippen LogP contribution in [-0.2, 0) is 0 Å². The summed E-state index contributed by atoms with van der Waals surface area (Å²) < 4.78 is 0. The highest BCUT2D eigenvalue weighted by Crippen LogP contribution is 2.40. The molecule has 0 saturated carbocycles. The summed E-state index contributed by atoms with van der Waals surface area (Å²) in [5.74, 6) is 0.539. The van der Waals surface area contributed by atoms with Gasteiger partial charge in [0.15, 0.2) is 0 Å². The molecule has 0 amide bonds. The monoisotopic (exact) mass is 283 g/mol. The van der Waals surface area contributed by atoms with Gasteiger partial charge in [0.1, 0.15) is 0 Å². The number of likely N-dealkylation sites (tertiary alicyclic amines) is 1. The van der Waals surface area contributed by atoms with Gasteiger partial charge in [-0.2, -0.15) is 0 Å². The summed E-state index contributed by atoms with van der Waals surface area (Å²) in [6.45, 7) is 5.22. The lowest BCUT2D eigenvalue weighted by Gasteiger charge is -2.40. The Morgan fingerprint density at radius 3 is 2.95 bits per heavy atom. The molecule has 0 spiro atoms. The molecule has 1 aromatic rings. The molecule has 0 aliphatic carbocycles. The quantitative estimate of drug-likeness (QED) is 0.666. The van der Waals surface area contributed by atoms with Gasteiger partial charge in [0.2, 0.25) is 0 Å². The maximum absolute atomic E-state index is 10.8. The van der Waals surface area contributed by atoms with E-state index in [1.54, 1.807) is 6.07 Å². The number of nitrogens with one attached hydrogen (secondary N) is 1. The van der Waals surface area contributed by atoms with Gasteiger partial charge in [-0.25, -0.2) is 0 Å². The number of rotatable bonds is 5. The molecule has 2 unspecified atom stereocenters. The Labute approximate surface area is 117 Å². The van der Waals surface area contributed by atoms with E-state index >= 15 is 0 Å². The standard InChI is InChI=1S/C13H21N3O2S/c1-3-15-8-4-5-10(9-14-2)13(15)11-6-7-12(19-11)16(17)18/h6-7,10,13-14H,3-5,8-9H2,1-2H3. The van der Waals surface area contributed by atoms with Gasteiger partial charge in [0, 0.05) is 17.0 Å². The van der Waals surface area contributed by atoms with Gasteiger partial charge >= 0.3 is 5.00 Å². The topological polar surface area (TPSA) is 58.4 Å². The smallest absolute Gasteiger partial charge is 0.319 e. The molecule has 6 heteroatoms. The summed E-state index contributed by atoms with van der Waals surface area (Å²) in [5, 5.41) is 14.4. The first-order valence-corrected chi connectivity index (χ1v) is 7.61. The van der Waals surface area contributed by atoms with Crippen LogP contribution in [0.25, 0.3) is 0 Å². The molecule has 1 saturated heterocycles. The maximum atomic E-state index is 10.8. The van der Waals surface area contributed by atoms with Crippen molar-refractivity contribution in [1.82, 2.24) is 10.2 Å². The first-order chi connectivity index (χ1) is 9.17. The summed E-state index contributed by atoms with van der Waals surface area (Å²) >= 11 is 1.33. The maximum Gasteiger partial charge on any atom is 0.324 e. The Morgan fingerprint density at radius 1 is 1.58 bits per heavy atom. The van der Waals surface area contributed by atoms with Crippen LogP contribution in [-0.4, -0.2) is 36.5 Å². The zero-order valence-electron chi connectivity index (χ0n) is 11.5. The van der Waals surface area contributed by atoms with Crippen molar-refractivity contribution in [3.8, 4) is 0 Å². The van der Waals surface area contributed by atoms with E-state index in [2.05, 4.69) is 17.1 Å². The summed E-state index contributed by atoms with van der Waals surface area (Å²) in [6, 6.07) is 3.90. The second-order valence-corrected chi connectivity index (χ2v) is 6.06. The van der Waals surface area contributed by atoms with Crippen LogP contribution in [0.4, 0.5) is 5.00 Å². The molecule has 2 rings (SSSR count). The van der Waals surface area contributed by atoms with Crippen molar-refractivity contribution in [3.05, 3.63) is 27.1 Å². The summed E-state index contributed by atoms with van der Waals surface area (Å²) in [5.41, 5.74) is 0. The zero-order chi connectivity index (χ0) is 13.8. The Kier molecular flexibility index (Phi) is 4.90. The Bertz CT molecular complexity index is 433. The largest absolute Gasteiger partial charge is 0.324 e. The SMILES string of the molecule is CCN1CCCC(CNC)C1c1ccc([N+](=O)[O-])s1. The molecule has 1 fully saturated rings. The summed E-state index contributed by atoms with van der Waals surface area (Å²) in [6.07, 6.45) is 2.40. The van der Waals surface area contributed by atoms with E-state index in [0.29, 0.717) is 12.0 Å². The molecule has 2 heterocycles. The van der Waals surface area contributed by atoms with Gasteiger partial charge in [0.05, 0.1) is 4.92 Å². The third-order valence-corrected chi connectivity index (χ3v) is 4.92. The van der Waals surface area contributed by atoms with E-state index < -0.39 is 0 Å². The number of hydrogen-bond donors (Lipinski definition) is 1. The minimum Gasteiger partial charge on any atom is -0.319 e. The van der Waals surface area contributed by atoms with Crippen molar-refractivity contribution in [2.45, 2.75) is 25.8 Å². The average molecular weight is 283 g/mol. The van der Waals surface area contributed by atoms with Crippen LogP contribution in [0.1, 0.15) is 30.7 Å². The number of piperidine rings is 1. The lowest BCUT2D eigenvalue weighted by atomic mass is 9.88. The van der Waals surface area contributed by atoms with Gasteiger partial charge in [-0.05, 0) is 51.5 Å². The second kappa shape index (κ2) is 6.45. The average Bonchev–Trinajstić information content (AvgIpc) is 2.88. The van der Waals surface area contributed by atoms with Crippen LogP contribution in [0.3, 0.4) is 0 Å². The number of nitrogens with zero attached hydrogens (tertiary/aromatic N) is 2. The van der Waals surface area contributed by atoms with Gasteiger partial charge < -0.3 is 5.32 Å². The van der Waals surface area contributed by atoms with E-state index in [1.165, 1.54) is 24.2 Å². The van der Waals surface area contributed by atoms with Crippen molar-refractivity contribution < 1.29 is 4.92 Å². The molecule has 1 N–H and O–H groups in total. The third-order valence-electron chi connectivity index (χ3n) is 3.82. The van der Waals surface area contributed by atoms with E-state index in [1.807, 2.05) is 13.1 Å². The Hall–Kier alpha value is -0.980. The highest BCUT2D eigenvalue weighted by molar-refractivity contribution is 7.15. The summed E-state index contributed by atoms with van der Waals surface area (Å²) in [7, 11) is 1.97. The fraction of sp³-hybridized carbons (Fsp3) is 0.692. The second-order valence-electron chi connectivity index (χ2n) is 4.97. The van der Waals surface area contributed by atoms with E-state index in [0.717, 1.165) is 24.5 Å². The van der Waals surface area contributed by atoms with Crippen LogP contribution in [0.15, 0.2) is 12.1 Å². The van der Waals surface area contributed by atoms with Crippen molar-refractivity contribution in [2.24, 2.45) is 5.92 Å². The van der Waals surface area contributed by atoms with Gasteiger partial charge in [0.25, 0.3) is 0 Å². The fourth-order valence-electron chi connectivity index (χ4n) is 2.99. The van der Waals surface area contributed by atoms with E-state index in [9.17, 15) is 10.1 Å². The molecule has 5 nitrogen and oxygen atoms in total. The Morgan fingerprint density at radius 2 is 2.37 bits per heavy atom. The van der Waals surface area contributed by atoms with Crippen LogP contribution >= 0.6 is 11.3 Å². The molecule has 1 aromatic heterocycles. The molecule has 2 atom stereocenters. The summed E-state index contributed by atoms with van der Waals surface area (Å²) in [4.78, 5) is 14.1. The highest BCUT2D eigenvalue weighted by atomic mass is 32.1. The van der Waals surface area contributed by atoms with Crippen LogP contribution < -0.4 is 5.32 Å². The first-order valence-electron chi connectivity index (χ1n) is 6.80. The van der Waals surface area contributed by atoms with Crippen molar-refractivity contribution in [3.63, 3.8) is 0 Å². The lowest BCUT2D eigenvalue weighted by molar-refractivity contribution is -0.380. The molecule has 19 heavy (non-hydrogen) atoms. The molecule has 1 aliphatic rings. The number of thiophene rings is 1. The molecule has 106 valence electrons.